The summed E-state index contributed by atoms with van der Waals surface area (Å²) in [5.74, 6) is 1.66. The summed E-state index contributed by atoms with van der Waals surface area (Å²) in [5.41, 5.74) is 0.981. The largest absolute Gasteiger partial charge is 0.492 e. The van der Waals surface area contributed by atoms with Gasteiger partial charge in [0.2, 0.25) is 0 Å². The molecule has 20 heavy (non-hydrogen) atoms. The van der Waals surface area contributed by atoms with Gasteiger partial charge >= 0.3 is 5.69 Å². The number of rotatable bonds is 7. The fourth-order valence-corrected chi connectivity index (χ4v) is 2.63. The van der Waals surface area contributed by atoms with Gasteiger partial charge in [-0.3, -0.25) is 4.57 Å². The SMILES string of the molecule is CCCn1c(SCCOc2ccccc2C)n[nH]c1=O. The zero-order chi connectivity index (χ0) is 14.4. The highest BCUT2D eigenvalue weighted by atomic mass is 32.2. The van der Waals surface area contributed by atoms with E-state index in [1.807, 2.05) is 38.1 Å². The van der Waals surface area contributed by atoms with Crippen LogP contribution < -0.4 is 10.4 Å². The zero-order valence-electron chi connectivity index (χ0n) is 11.8. The number of hydrogen-bond donors (Lipinski definition) is 1. The standard InChI is InChI=1S/C14H19N3O2S/c1-3-8-17-13(18)15-16-14(17)20-10-9-19-12-7-5-4-6-11(12)2/h4-7H,3,8-10H2,1-2H3,(H,15,18). The maximum absolute atomic E-state index is 11.5. The van der Waals surface area contributed by atoms with Gasteiger partial charge in [-0.25, -0.2) is 9.89 Å². The highest BCUT2D eigenvalue weighted by Gasteiger charge is 2.07. The Morgan fingerprint density at radius 3 is 2.95 bits per heavy atom. The van der Waals surface area contributed by atoms with Crippen LogP contribution in [0.1, 0.15) is 18.9 Å². The maximum atomic E-state index is 11.5. The molecule has 0 aliphatic carbocycles. The number of hydrogen-bond acceptors (Lipinski definition) is 4. The fourth-order valence-electron chi connectivity index (χ4n) is 1.84. The molecule has 1 heterocycles. The van der Waals surface area contributed by atoms with E-state index in [-0.39, 0.29) is 5.69 Å². The molecule has 0 amide bonds. The van der Waals surface area contributed by atoms with Crippen LogP contribution in [0.25, 0.3) is 0 Å². The molecule has 0 fully saturated rings. The normalized spacial score (nSPS) is 10.7. The number of aromatic nitrogens is 3. The number of benzene rings is 1. The lowest BCUT2D eigenvalue weighted by Crippen LogP contribution is -2.17. The first-order valence-electron chi connectivity index (χ1n) is 6.68. The smallest absolute Gasteiger partial charge is 0.343 e. The van der Waals surface area contributed by atoms with Gasteiger partial charge in [0.15, 0.2) is 5.16 Å². The van der Waals surface area contributed by atoms with Crippen LogP contribution in [0.3, 0.4) is 0 Å². The molecular weight excluding hydrogens is 274 g/mol. The number of nitrogens with zero attached hydrogens (tertiary/aromatic N) is 2. The number of thioether (sulfide) groups is 1. The van der Waals surface area contributed by atoms with Gasteiger partial charge in [-0.05, 0) is 25.0 Å². The first kappa shape index (κ1) is 14.7. The minimum Gasteiger partial charge on any atom is -0.492 e. The van der Waals surface area contributed by atoms with Crippen molar-refractivity contribution in [3.05, 3.63) is 40.3 Å². The summed E-state index contributed by atoms with van der Waals surface area (Å²) < 4.78 is 7.38. The molecule has 0 radical (unpaired) electrons. The van der Waals surface area contributed by atoms with Crippen molar-refractivity contribution in [2.45, 2.75) is 32.0 Å². The molecule has 1 aromatic heterocycles. The maximum Gasteiger partial charge on any atom is 0.343 e. The second-order valence-electron chi connectivity index (χ2n) is 4.43. The Balaban J connectivity index is 1.85. The third-order valence-electron chi connectivity index (χ3n) is 2.84. The first-order valence-corrected chi connectivity index (χ1v) is 7.67. The third-order valence-corrected chi connectivity index (χ3v) is 3.78. The molecule has 108 valence electrons. The molecule has 0 aliphatic heterocycles. The van der Waals surface area contributed by atoms with Crippen LogP contribution in [0, 0.1) is 6.92 Å². The molecule has 0 spiro atoms. The lowest BCUT2D eigenvalue weighted by Gasteiger charge is -2.08. The Hall–Kier alpha value is -1.69. The van der Waals surface area contributed by atoms with Crippen LogP contribution >= 0.6 is 11.8 Å². The third kappa shape index (κ3) is 3.66. The van der Waals surface area contributed by atoms with Gasteiger partial charge in [-0.2, -0.15) is 0 Å². The Labute approximate surface area is 122 Å². The van der Waals surface area contributed by atoms with E-state index < -0.39 is 0 Å². The Morgan fingerprint density at radius 2 is 2.20 bits per heavy atom. The second-order valence-corrected chi connectivity index (χ2v) is 5.49. The van der Waals surface area contributed by atoms with Crippen molar-refractivity contribution in [3.8, 4) is 5.75 Å². The van der Waals surface area contributed by atoms with E-state index in [0.29, 0.717) is 13.2 Å². The molecule has 1 aromatic carbocycles. The summed E-state index contributed by atoms with van der Waals surface area (Å²) in [6.07, 6.45) is 0.909. The molecule has 2 aromatic rings. The molecule has 0 saturated carbocycles. The minimum absolute atomic E-state index is 0.144. The van der Waals surface area contributed by atoms with Crippen LogP contribution in [0.5, 0.6) is 5.75 Å². The number of aromatic amines is 1. The molecule has 0 aliphatic rings. The van der Waals surface area contributed by atoms with Crippen LogP contribution in [0.4, 0.5) is 0 Å². The van der Waals surface area contributed by atoms with Crippen molar-refractivity contribution in [2.75, 3.05) is 12.4 Å². The van der Waals surface area contributed by atoms with Crippen LogP contribution in [-0.4, -0.2) is 27.1 Å². The summed E-state index contributed by atoms with van der Waals surface area (Å²) >= 11 is 1.53. The van der Waals surface area contributed by atoms with Crippen LogP contribution in [-0.2, 0) is 6.54 Å². The summed E-state index contributed by atoms with van der Waals surface area (Å²) in [7, 11) is 0. The average Bonchev–Trinajstić information content (AvgIpc) is 2.79. The molecule has 5 nitrogen and oxygen atoms in total. The van der Waals surface area contributed by atoms with Crippen LogP contribution in [0.15, 0.2) is 34.2 Å². The molecular formula is C14H19N3O2S. The minimum atomic E-state index is -0.144. The topological polar surface area (TPSA) is 59.9 Å². The average molecular weight is 293 g/mol. The quantitative estimate of drug-likeness (QED) is 0.629. The molecule has 1 N–H and O–H groups in total. The van der Waals surface area contributed by atoms with Gasteiger partial charge in [-0.15, -0.1) is 5.10 Å². The molecule has 2 rings (SSSR count). The Kier molecular flexibility index (Phi) is 5.29. The van der Waals surface area contributed by atoms with Crippen molar-refractivity contribution in [3.63, 3.8) is 0 Å². The zero-order valence-corrected chi connectivity index (χ0v) is 12.6. The number of nitrogens with one attached hydrogen (secondary N) is 1. The van der Waals surface area contributed by atoms with Gasteiger partial charge in [0, 0.05) is 12.3 Å². The summed E-state index contributed by atoms with van der Waals surface area (Å²) in [6.45, 7) is 5.34. The highest BCUT2D eigenvalue weighted by Crippen LogP contribution is 2.18. The number of para-hydroxylation sites is 1. The van der Waals surface area contributed by atoms with E-state index in [4.69, 9.17) is 4.74 Å². The number of aryl methyl sites for hydroxylation is 1. The lowest BCUT2D eigenvalue weighted by molar-refractivity contribution is 0.341. The molecule has 0 saturated heterocycles. The lowest BCUT2D eigenvalue weighted by atomic mass is 10.2. The van der Waals surface area contributed by atoms with Gasteiger partial charge < -0.3 is 4.74 Å². The van der Waals surface area contributed by atoms with Crippen molar-refractivity contribution in [1.82, 2.24) is 14.8 Å². The van der Waals surface area contributed by atoms with Crippen molar-refractivity contribution in [1.29, 1.82) is 0 Å². The summed E-state index contributed by atoms with van der Waals surface area (Å²) in [6, 6.07) is 7.93. The molecule has 0 bridgehead atoms. The van der Waals surface area contributed by atoms with Crippen molar-refractivity contribution < 1.29 is 4.74 Å². The van der Waals surface area contributed by atoms with Crippen molar-refractivity contribution in [2.24, 2.45) is 0 Å². The molecule has 0 unspecified atom stereocenters. The van der Waals surface area contributed by atoms with Crippen molar-refractivity contribution >= 4 is 11.8 Å². The predicted molar refractivity (Wildman–Crippen MR) is 80.5 cm³/mol. The van der Waals surface area contributed by atoms with Crippen LogP contribution in [0.2, 0.25) is 0 Å². The summed E-state index contributed by atoms with van der Waals surface area (Å²) in [5, 5.41) is 7.24. The van der Waals surface area contributed by atoms with E-state index in [0.717, 1.165) is 28.6 Å². The van der Waals surface area contributed by atoms with Gasteiger partial charge in [-0.1, -0.05) is 36.9 Å². The number of ether oxygens (including phenoxy) is 1. The van der Waals surface area contributed by atoms with Gasteiger partial charge in [0.25, 0.3) is 0 Å². The highest BCUT2D eigenvalue weighted by molar-refractivity contribution is 7.99. The van der Waals surface area contributed by atoms with E-state index >= 15 is 0 Å². The van der Waals surface area contributed by atoms with E-state index in [2.05, 4.69) is 10.2 Å². The molecule has 0 atom stereocenters. The fraction of sp³-hybridized carbons (Fsp3) is 0.429. The number of H-pyrrole nitrogens is 1. The Bertz CT molecular complexity index is 606. The monoisotopic (exact) mass is 293 g/mol. The summed E-state index contributed by atoms with van der Waals surface area (Å²) in [4.78, 5) is 11.5. The predicted octanol–water partition coefficient (Wildman–Crippen LogP) is 2.46. The van der Waals surface area contributed by atoms with E-state index in [1.165, 1.54) is 11.8 Å². The van der Waals surface area contributed by atoms with E-state index in [1.54, 1.807) is 4.57 Å². The van der Waals surface area contributed by atoms with Gasteiger partial charge in [0.05, 0.1) is 6.61 Å². The van der Waals surface area contributed by atoms with Gasteiger partial charge in [0.1, 0.15) is 5.75 Å². The Morgan fingerprint density at radius 1 is 1.40 bits per heavy atom. The first-order chi connectivity index (χ1) is 9.72. The van der Waals surface area contributed by atoms with E-state index in [9.17, 15) is 4.79 Å². The molecule has 6 heteroatoms. The second kappa shape index (κ2) is 7.19.